The highest BCUT2D eigenvalue weighted by atomic mass is 35.5. The van der Waals surface area contributed by atoms with Crippen LogP contribution in [-0.2, 0) is 6.54 Å². The molecule has 1 amide bonds. The van der Waals surface area contributed by atoms with Gasteiger partial charge in [0.05, 0.1) is 6.54 Å². The fourth-order valence-electron chi connectivity index (χ4n) is 2.04. The van der Waals surface area contributed by atoms with Crippen molar-refractivity contribution in [2.24, 2.45) is 5.73 Å². The molecule has 0 aliphatic carbocycles. The number of benzene rings is 2. The standard InChI is InChI=1S/C16H14ClN5O2/c17-13-2-1-3-14(10-13)24-9-8-22-20-16(19-21-22)12-6-4-11(5-7-12)15(18)23/h1-7,10H,8-9H2,(H2,18,23). The highest BCUT2D eigenvalue weighted by Crippen LogP contribution is 2.17. The minimum absolute atomic E-state index is 0.386. The van der Waals surface area contributed by atoms with Crippen LogP contribution in [0.25, 0.3) is 11.4 Å². The molecule has 3 aromatic rings. The zero-order chi connectivity index (χ0) is 16.9. The summed E-state index contributed by atoms with van der Waals surface area (Å²) in [6, 6.07) is 13.9. The molecule has 0 spiro atoms. The Morgan fingerprint density at radius 2 is 2.00 bits per heavy atom. The van der Waals surface area contributed by atoms with E-state index in [0.29, 0.717) is 35.3 Å². The molecule has 0 bridgehead atoms. The third kappa shape index (κ3) is 3.88. The molecule has 0 saturated carbocycles. The molecule has 2 aromatic carbocycles. The Kier molecular flexibility index (Phi) is 4.72. The third-order valence-electron chi connectivity index (χ3n) is 3.24. The molecular weight excluding hydrogens is 330 g/mol. The predicted molar refractivity (Wildman–Crippen MR) is 88.7 cm³/mol. The van der Waals surface area contributed by atoms with Gasteiger partial charge in [0.2, 0.25) is 11.7 Å². The lowest BCUT2D eigenvalue weighted by Crippen LogP contribution is -2.11. The monoisotopic (exact) mass is 343 g/mol. The molecule has 0 aliphatic rings. The van der Waals surface area contributed by atoms with E-state index in [1.807, 2.05) is 12.1 Å². The molecule has 0 saturated heterocycles. The quantitative estimate of drug-likeness (QED) is 0.740. The van der Waals surface area contributed by atoms with E-state index in [0.717, 1.165) is 5.56 Å². The van der Waals surface area contributed by atoms with Crippen LogP contribution in [0.3, 0.4) is 0 Å². The number of hydrogen-bond acceptors (Lipinski definition) is 5. The van der Waals surface area contributed by atoms with E-state index in [-0.39, 0.29) is 0 Å². The van der Waals surface area contributed by atoms with Gasteiger partial charge in [-0.15, -0.1) is 10.2 Å². The topological polar surface area (TPSA) is 95.9 Å². The maximum atomic E-state index is 11.1. The summed E-state index contributed by atoms with van der Waals surface area (Å²) in [5, 5.41) is 12.9. The van der Waals surface area contributed by atoms with Gasteiger partial charge in [-0.3, -0.25) is 4.79 Å². The molecule has 0 atom stereocenters. The Morgan fingerprint density at radius 3 is 2.71 bits per heavy atom. The van der Waals surface area contributed by atoms with Crippen molar-refractivity contribution < 1.29 is 9.53 Å². The first-order valence-corrected chi connectivity index (χ1v) is 7.56. The second-order valence-corrected chi connectivity index (χ2v) is 5.39. The van der Waals surface area contributed by atoms with Crippen LogP contribution in [0.4, 0.5) is 0 Å². The SMILES string of the molecule is NC(=O)c1ccc(-c2nnn(CCOc3cccc(Cl)c3)n2)cc1. The summed E-state index contributed by atoms with van der Waals surface area (Å²) < 4.78 is 5.58. The average molecular weight is 344 g/mol. The van der Waals surface area contributed by atoms with Gasteiger partial charge in [-0.1, -0.05) is 29.8 Å². The van der Waals surface area contributed by atoms with E-state index in [2.05, 4.69) is 15.4 Å². The van der Waals surface area contributed by atoms with Crippen molar-refractivity contribution in [3.8, 4) is 17.1 Å². The minimum atomic E-state index is -0.476. The number of hydrogen-bond donors (Lipinski definition) is 1. The fourth-order valence-corrected chi connectivity index (χ4v) is 2.22. The van der Waals surface area contributed by atoms with Gasteiger partial charge in [-0.05, 0) is 35.5 Å². The Balaban J connectivity index is 1.60. The number of aromatic nitrogens is 4. The number of carbonyl (C=O) groups excluding carboxylic acids is 1. The maximum Gasteiger partial charge on any atom is 0.248 e. The molecule has 0 fully saturated rings. The van der Waals surface area contributed by atoms with Gasteiger partial charge in [0.1, 0.15) is 12.4 Å². The molecule has 0 radical (unpaired) electrons. The molecule has 7 nitrogen and oxygen atoms in total. The first-order chi connectivity index (χ1) is 11.6. The van der Waals surface area contributed by atoms with E-state index in [9.17, 15) is 4.79 Å². The van der Waals surface area contributed by atoms with Gasteiger partial charge in [0.15, 0.2) is 0 Å². The number of nitrogens with zero attached hydrogens (tertiary/aromatic N) is 4. The van der Waals surface area contributed by atoms with Crippen LogP contribution in [0.2, 0.25) is 5.02 Å². The van der Waals surface area contributed by atoms with E-state index in [4.69, 9.17) is 22.1 Å². The van der Waals surface area contributed by atoms with Crippen molar-refractivity contribution in [3.63, 3.8) is 0 Å². The molecule has 8 heteroatoms. The zero-order valence-corrected chi connectivity index (χ0v) is 13.3. The number of tetrazole rings is 1. The van der Waals surface area contributed by atoms with E-state index >= 15 is 0 Å². The molecule has 0 unspecified atom stereocenters. The highest BCUT2D eigenvalue weighted by molar-refractivity contribution is 6.30. The molecule has 1 aromatic heterocycles. The normalized spacial score (nSPS) is 10.5. The molecule has 0 aliphatic heterocycles. The summed E-state index contributed by atoms with van der Waals surface area (Å²) in [4.78, 5) is 12.5. The summed E-state index contributed by atoms with van der Waals surface area (Å²) in [5.41, 5.74) is 6.39. The van der Waals surface area contributed by atoms with Crippen LogP contribution in [0.1, 0.15) is 10.4 Å². The Hall–Kier alpha value is -2.93. The first kappa shape index (κ1) is 15.9. The van der Waals surface area contributed by atoms with E-state index in [1.54, 1.807) is 36.4 Å². The van der Waals surface area contributed by atoms with Gasteiger partial charge >= 0.3 is 0 Å². The average Bonchev–Trinajstić information content (AvgIpc) is 3.04. The molecule has 3 rings (SSSR count). The number of nitrogens with two attached hydrogens (primary N) is 1. The lowest BCUT2D eigenvalue weighted by atomic mass is 10.1. The summed E-state index contributed by atoms with van der Waals surface area (Å²) in [7, 11) is 0. The Bertz CT molecular complexity index is 848. The predicted octanol–water partition coefficient (Wildman–Crippen LogP) is 2.17. The fraction of sp³-hybridized carbons (Fsp3) is 0.125. The highest BCUT2D eigenvalue weighted by Gasteiger charge is 2.07. The van der Waals surface area contributed by atoms with Crippen molar-refractivity contribution in [2.75, 3.05) is 6.61 Å². The number of primary amides is 1. The summed E-state index contributed by atoms with van der Waals surface area (Å²) in [6.07, 6.45) is 0. The van der Waals surface area contributed by atoms with Gasteiger partial charge in [-0.25, -0.2) is 0 Å². The molecule has 122 valence electrons. The number of carbonyl (C=O) groups is 1. The number of amides is 1. The van der Waals surface area contributed by atoms with Crippen molar-refractivity contribution in [3.05, 3.63) is 59.1 Å². The van der Waals surface area contributed by atoms with Crippen LogP contribution in [0, 0.1) is 0 Å². The first-order valence-electron chi connectivity index (χ1n) is 7.18. The second-order valence-electron chi connectivity index (χ2n) is 4.96. The summed E-state index contributed by atoms with van der Waals surface area (Å²) in [6.45, 7) is 0.829. The van der Waals surface area contributed by atoms with Crippen molar-refractivity contribution in [2.45, 2.75) is 6.54 Å². The smallest absolute Gasteiger partial charge is 0.248 e. The number of halogens is 1. The van der Waals surface area contributed by atoms with Crippen LogP contribution in [-0.4, -0.2) is 32.7 Å². The maximum absolute atomic E-state index is 11.1. The zero-order valence-electron chi connectivity index (χ0n) is 12.6. The van der Waals surface area contributed by atoms with Crippen LogP contribution in [0.15, 0.2) is 48.5 Å². The van der Waals surface area contributed by atoms with Crippen molar-refractivity contribution in [1.29, 1.82) is 0 Å². The minimum Gasteiger partial charge on any atom is -0.492 e. The number of ether oxygens (including phenoxy) is 1. The molecular formula is C16H14ClN5O2. The summed E-state index contributed by atoms with van der Waals surface area (Å²) in [5.74, 6) is 0.676. The third-order valence-corrected chi connectivity index (χ3v) is 3.47. The lowest BCUT2D eigenvalue weighted by Gasteiger charge is -2.05. The Labute approximate surface area is 143 Å². The molecule has 2 N–H and O–H groups in total. The van der Waals surface area contributed by atoms with Crippen molar-refractivity contribution >= 4 is 17.5 Å². The van der Waals surface area contributed by atoms with E-state index < -0.39 is 5.91 Å². The van der Waals surface area contributed by atoms with Gasteiger partial charge in [0.25, 0.3) is 0 Å². The van der Waals surface area contributed by atoms with Crippen LogP contribution < -0.4 is 10.5 Å². The van der Waals surface area contributed by atoms with Crippen LogP contribution >= 0.6 is 11.6 Å². The summed E-state index contributed by atoms with van der Waals surface area (Å²) >= 11 is 5.89. The Morgan fingerprint density at radius 1 is 1.21 bits per heavy atom. The van der Waals surface area contributed by atoms with E-state index in [1.165, 1.54) is 4.80 Å². The lowest BCUT2D eigenvalue weighted by molar-refractivity contribution is 0.100. The molecule has 1 heterocycles. The van der Waals surface area contributed by atoms with Gasteiger partial charge < -0.3 is 10.5 Å². The molecule has 24 heavy (non-hydrogen) atoms. The van der Waals surface area contributed by atoms with Gasteiger partial charge in [0, 0.05) is 16.1 Å². The number of rotatable bonds is 6. The van der Waals surface area contributed by atoms with Crippen LogP contribution in [0.5, 0.6) is 5.75 Å². The second kappa shape index (κ2) is 7.10. The van der Waals surface area contributed by atoms with Gasteiger partial charge in [-0.2, -0.15) is 4.80 Å². The largest absolute Gasteiger partial charge is 0.492 e. The van der Waals surface area contributed by atoms with Crippen molar-refractivity contribution in [1.82, 2.24) is 20.2 Å².